The lowest BCUT2D eigenvalue weighted by molar-refractivity contribution is 0.947. The molecular weight excluding hydrogens is 300 g/mol. The Hall–Kier alpha value is -2.10. The Balaban J connectivity index is 2.18. The topological polar surface area (TPSA) is 47.6 Å². The maximum absolute atomic E-state index is 8.90. The first kappa shape index (κ1) is 13.3. The van der Waals surface area contributed by atoms with Crippen molar-refractivity contribution in [3.63, 3.8) is 0 Å². The molecule has 0 aliphatic rings. The van der Waals surface area contributed by atoms with Crippen LogP contribution in [0.1, 0.15) is 27.1 Å². The number of halogens is 1. The first-order chi connectivity index (χ1) is 9.22. The minimum absolute atomic E-state index is 0.134. The monoisotopic (exact) mass is 310 g/mol. The molecule has 1 unspecified atom stereocenters. The highest BCUT2D eigenvalue weighted by Crippen LogP contribution is 2.27. The number of hydrogen-bond acceptors (Lipinski definition) is 2. The van der Waals surface area contributed by atoms with Gasteiger partial charge in [0.2, 0.25) is 0 Å². The highest BCUT2D eigenvalue weighted by Gasteiger charge is 2.09. The summed E-state index contributed by atoms with van der Waals surface area (Å²) in [5.41, 5.74) is 3.50. The number of nitrogens with zero attached hydrogens (tertiary/aromatic N) is 2. The average molecular weight is 311 g/mol. The van der Waals surface area contributed by atoms with E-state index in [1.807, 2.05) is 36.4 Å². The Kier molecular flexibility index (Phi) is 4.34. The summed E-state index contributed by atoms with van der Waals surface area (Å²) in [6, 6.07) is 19.4. The molecule has 92 valence electrons. The van der Waals surface area contributed by atoms with E-state index < -0.39 is 0 Å². The van der Waals surface area contributed by atoms with E-state index in [1.54, 1.807) is 12.1 Å². The summed E-state index contributed by atoms with van der Waals surface area (Å²) in [5.74, 6) is 0. The van der Waals surface area contributed by atoms with Crippen LogP contribution in [0.15, 0.2) is 48.5 Å². The molecule has 0 aliphatic heterocycles. The van der Waals surface area contributed by atoms with Crippen LogP contribution in [0.4, 0.5) is 0 Å². The minimum Gasteiger partial charge on any atom is -0.192 e. The van der Waals surface area contributed by atoms with Gasteiger partial charge < -0.3 is 0 Å². The van der Waals surface area contributed by atoms with Crippen molar-refractivity contribution in [3.05, 3.63) is 70.8 Å². The van der Waals surface area contributed by atoms with Crippen LogP contribution in [0.2, 0.25) is 0 Å². The van der Waals surface area contributed by atoms with Crippen LogP contribution in [-0.2, 0) is 6.42 Å². The Morgan fingerprint density at radius 1 is 0.947 bits per heavy atom. The van der Waals surface area contributed by atoms with E-state index in [4.69, 9.17) is 10.5 Å². The summed E-state index contributed by atoms with van der Waals surface area (Å²) in [4.78, 5) is 0.134. The van der Waals surface area contributed by atoms with Crippen molar-refractivity contribution in [2.45, 2.75) is 11.2 Å². The van der Waals surface area contributed by atoms with E-state index in [0.29, 0.717) is 11.1 Å². The number of hydrogen-bond donors (Lipinski definition) is 0. The van der Waals surface area contributed by atoms with Crippen molar-refractivity contribution < 1.29 is 0 Å². The molecule has 1 atom stereocenters. The molecule has 0 spiro atoms. The van der Waals surface area contributed by atoms with Gasteiger partial charge in [0.25, 0.3) is 0 Å². The third-order valence-electron chi connectivity index (χ3n) is 2.85. The predicted octanol–water partition coefficient (Wildman–Crippen LogP) is 4.11. The van der Waals surface area contributed by atoms with Gasteiger partial charge in [0.1, 0.15) is 0 Å². The third-order valence-corrected chi connectivity index (χ3v) is 3.70. The van der Waals surface area contributed by atoms with Gasteiger partial charge >= 0.3 is 0 Å². The third kappa shape index (κ3) is 3.44. The molecule has 0 amide bonds. The van der Waals surface area contributed by atoms with E-state index in [9.17, 15) is 0 Å². The molecule has 19 heavy (non-hydrogen) atoms. The fraction of sp³-hybridized carbons (Fsp3) is 0.125. The molecule has 0 saturated carbocycles. The van der Waals surface area contributed by atoms with E-state index >= 15 is 0 Å². The normalized spacial score (nSPS) is 11.3. The summed E-state index contributed by atoms with van der Waals surface area (Å²) >= 11 is 3.64. The van der Waals surface area contributed by atoms with Gasteiger partial charge in [-0.2, -0.15) is 10.5 Å². The first-order valence-corrected chi connectivity index (χ1v) is 6.77. The van der Waals surface area contributed by atoms with Gasteiger partial charge in [-0.15, -0.1) is 0 Å². The van der Waals surface area contributed by atoms with Crippen LogP contribution in [0.25, 0.3) is 0 Å². The lowest BCUT2D eigenvalue weighted by Gasteiger charge is -2.10. The fourth-order valence-electron chi connectivity index (χ4n) is 1.90. The van der Waals surface area contributed by atoms with Gasteiger partial charge in [0.15, 0.2) is 0 Å². The molecule has 2 aromatic carbocycles. The first-order valence-electron chi connectivity index (χ1n) is 5.86. The van der Waals surface area contributed by atoms with Crippen LogP contribution in [-0.4, -0.2) is 0 Å². The van der Waals surface area contributed by atoms with Crippen molar-refractivity contribution in [2.75, 3.05) is 0 Å². The van der Waals surface area contributed by atoms with E-state index in [1.165, 1.54) is 0 Å². The Morgan fingerprint density at radius 2 is 1.58 bits per heavy atom. The molecule has 0 bridgehead atoms. The fourth-order valence-corrected chi connectivity index (χ4v) is 2.55. The van der Waals surface area contributed by atoms with E-state index in [2.05, 4.69) is 28.1 Å². The quantitative estimate of drug-likeness (QED) is 0.801. The molecule has 0 N–H and O–H groups in total. The lowest BCUT2D eigenvalue weighted by atomic mass is 10.0. The van der Waals surface area contributed by atoms with Crippen LogP contribution < -0.4 is 0 Å². The Morgan fingerprint density at radius 3 is 2.26 bits per heavy atom. The standard InChI is InChI=1S/C16H11BrN2/c17-16(15-6-2-5-14(8-15)11-19)9-12-3-1-4-13(7-12)10-18/h1-8,16H,9H2. The minimum atomic E-state index is 0.134. The second-order valence-electron chi connectivity index (χ2n) is 4.22. The molecule has 0 fully saturated rings. The number of benzene rings is 2. The Labute approximate surface area is 121 Å². The molecule has 0 radical (unpaired) electrons. The van der Waals surface area contributed by atoms with Crippen molar-refractivity contribution in [2.24, 2.45) is 0 Å². The van der Waals surface area contributed by atoms with E-state index in [-0.39, 0.29) is 4.83 Å². The second-order valence-corrected chi connectivity index (χ2v) is 5.33. The zero-order valence-electron chi connectivity index (χ0n) is 10.2. The summed E-state index contributed by atoms with van der Waals surface area (Å²) in [5, 5.41) is 17.8. The maximum atomic E-state index is 8.90. The van der Waals surface area contributed by atoms with Gasteiger partial charge in [0.05, 0.1) is 23.3 Å². The number of nitriles is 2. The molecule has 2 aromatic rings. The van der Waals surface area contributed by atoms with Crippen LogP contribution in [0.5, 0.6) is 0 Å². The molecular formula is C16H11BrN2. The zero-order chi connectivity index (χ0) is 13.7. The molecule has 0 aliphatic carbocycles. The van der Waals surface area contributed by atoms with E-state index in [0.717, 1.165) is 17.5 Å². The summed E-state index contributed by atoms with van der Waals surface area (Å²) < 4.78 is 0. The second kappa shape index (κ2) is 6.18. The lowest BCUT2D eigenvalue weighted by Crippen LogP contribution is -1.96. The van der Waals surface area contributed by atoms with Gasteiger partial charge in [-0.3, -0.25) is 0 Å². The molecule has 2 rings (SSSR count). The van der Waals surface area contributed by atoms with Gasteiger partial charge in [-0.25, -0.2) is 0 Å². The Bertz CT molecular complexity index is 665. The summed E-state index contributed by atoms with van der Waals surface area (Å²) in [7, 11) is 0. The van der Waals surface area contributed by atoms with Crippen molar-refractivity contribution in [1.82, 2.24) is 0 Å². The average Bonchev–Trinajstić information content (AvgIpc) is 2.47. The van der Waals surface area contributed by atoms with Crippen molar-refractivity contribution in [1.29, 1.82) is 10.5 Å². The van der Waals surface area contributed by atoms with Crippen molar-refractivity contribution >= 4 is 15.9 Å². The molecule has 0 saturated heterocycles. The van der Waals surface area contributed by atoms with Crippen LogP contribution >= 0.6 is 15.9 Å². The molecule has 3 heteroatoms. The predicted molar refractivity (Wildman–Crippen MR) is 77.7 cm³/mol. The van der Waals surface area contributed by atoms with Gasteiger partial charge in [-0.05, 0) is 41.8 Å². The smallest absolute Gasteiger partial charge is 0.0991 e. The number of alkyl halides is 1. The maximum Gasteiger partial charge on any atom is 0.0991 e. The zero-order valence-corrected chi connectivity index (χ0v) is 11.8. The van der Waals surface area contributed by atoms with Crippen molar-refractivity contribution in [3.8, 4) is 12.1 Å². The van der Waals surface area contributed by atoms with Crippen LogP contribution in [0.3, 0.4) is 0 Å². The van der Waals surface area contributed by atoms with Crippen LogP contribution in [0, 0.1) is 22.7 Å². The number of rotatable bonds is 3. The SMILES string of the molecule is N#Cc1cccc(CC(Br)c2cccc(C#N)c2)c1. The summed E-state index contributed by atoms with van der Waals surface area (Å²) in [6.45, 7) is 0. The largest absolute Gasteiger partial charge is 0.192 e. The van der Waals surface area contributed by atoms with Gasteiger partial charge in [-0.1, -0.05) is 40.2 Å². The van der Waals surface area contributed by atoms with Gasteiger partial charge in [0, 0.05) is 4.83 Å². The summed E-state index contributed by atoms with van der Waals surface area (Å²) in [6.07, 6.45) is 0.782. The highest BCUT2D eigenvalue weighted by atomic mass is 79.9. The molecule has 0 heterocycles. The molecule has 2 nitrogen and oxygen atoms in total. The highest BCUT2D eigenvalue weighted by molar-refractivity contribution is 9.09. The molecule has 0 aromatic heterocycles.